The molecule has 0 aliphatic heterocycles. The Kier molecular flexibility index (Phi) is 4.84. The molecule has 1 aromatic heterocycles. The van der Waals surface area contributed by atoms with Crippen LogP contribution in [0.2, 0.25) is 0 Å². The molecule has 0 unspecified atom stereocenters. The molecule has 5 heteroatoms. The Morgan fingerprint density at radius 2 is 1.76 bits per heavy atom. The van der Waals surface area contributed by atoms with Gasteiger partial charge < -0.3 is 10.1 Å². The number of aryl methyl sites for hydroxylation is 3. The van der Waals surface area contributed by atoms with Crippen LogP contribution in [0.4, 0.5) is 5.69 Å². The highest BCUT2D eigenvalue weighted by Crippen LogP contribution is 2.19. The van der Waals surface area contributed by atoms with Gasteiger partial charge in [-0.25, -0.2) is 4.68 Å². The van der Waals surface area contributed by atoms with Gasteiger partial charge in [0.05, 0.1) is 0 Å². The van der Waals surface area contributed by atoms with Crippen LogP contribution >= 0.6 is 0 Å². The summed E-state index contributed by atoms with van der Waals surface area (Å²) < 4.78 is 7.37. The minimum absolute atomic E-state index is 0.242. The lowest BCUT2D eigenvalue weighted by Gasteiger charge is -2.09. The number of hydrogen-bond acceptors (Lipinski definition) is 3. The summed E-state index contributed by atoms with van der Waals surface area (Å²) in [5.41, 5.74) is 4.51. The highest BCUT2D eigenvalue weighted by atomic mass is 16.5. The maximum Gasteiger partial charge on any atom is 0.276 e. The average Bonchev–Trinajstić information content (AvgIpc) is 3.05. The summed E-state index contributed by atoms with van der Waals surface area (Å²) in [6.45, 7) is 6.31. The second-order valence-electron chi connectivity index (χ2n) is 6.10. The number of carbonyl (C=O) groups excluding carboxylic acids is 1. The number of rotatable bonds is 5. The van der Waals surface area contributed by atoms with E-state index < -0.39 is 0 Å². The smallest absolute Gasteiger partial charge is 0.276 e. The fourth-order valence-electron chi connectivity index (χ4n) is 2.48. The molecule has 128 valence electrons. The number of benzene rings is 2. The molecule has 0 saturated heterocycles. The van der Waals surface area contributed by atoms with Gasteiger partial charge in [0.1, 0.15) is 5.75 Å². The van der Waals surface area contributed by atoms with Crippen molar-refractivity contribution >= 4 is 11.6 Å². The number of hydrogen-bond donors (Lipinski definition) is 1. The summed E-state index contributed by atoms with van der Waals surface area (Å²) in [6.07, 6.45) is 1.73. The third kappa shape index (κ3) is 4.26. The van der Waals surface area contributed by atoms with Crippen LogP contribution in [-0.4, -0.2) is 15.7 Å². The lowest BCUT2D eigenvalue weighted by atomic mass is 10.1. The zero-order valence-corrected chi connectivity index (χ0v) is 14.6. The first-order valence-electron chi connectivity index (χ1n) is 8.13. The SMILES string of the molecule is Cc1ccc(NC(=O)c2ccn(COc3ccc(C)cc3C)n2)cc1. The first kappa shape index (κ1) is 16.8. The maximum absolute atomic E-state index is 12.3. The molecule has 2 aromatic carbocycles. The standard InChI is InChI=1S/C20H21N3O2/c1-14-4-7-17(8-5-14)21-20(24)18-10-11-23(22-18)13-25-19-9-6-15(2)12-16(19)3/h4-12H,13H2,1-3H3,(H,21,24). The Morgan fingerprint density at radius 3 is 2.48 bits per heavy atom. The summed E-state index contributed by atoms with van der Waals surface area (Å²) in [4.78, 5) is 12.3. The van der Waals surface area contributed by atoms with Gasteiger partial charge in [0.15, 0.2) is 12.4 Å². The van der Waals surface area contributed by atoms with E-state index in [-0.39, 0.29) is 12.6 Å². The van der Waals surface area contributed by atoms with E-state index in [2.05, 4.69) is 16.5 Å². The highest BCUT2D eigenvalue weighted by molar-refractivity contribution is 6.02. The quantitative estimate of drug-likeness (QED) is 0.764. The van der Waals surface area contributed by atoms with Gasteiger partial charge in [0, 0.05) is 11.9 Å². The van der Waals surface area contributed by atoms with Crippen LogP contribution in [0.25, 0.3) is 0 Å². The molecule has 1 N–H and O–H groups in total. The lowest BCUT2D eigenvalue weighted by Crippen LogP contribution is -2.14. The van der Waals surface area contributed by atoms with E-state index >= 15 is 0 Å². The molecular formula is C20H21N3O2. The molecule has 0 fully saturated rings. The van der Waals surface area contributed by atoms with Crippen molar-refractivity contribution in [3.63, 3.8) is 0 Å². The van der Waals surface area contributed by atoms with Crippen molar-refractivity contribution < 1.29 is 9.53 Å². The molecule has 1 amide bonds. The molecule has 1 heterocycles. The Labute approximate surface area is 147 Å². The van der Waals surface area contributed by atoms with Gasteiger partial charge in [-0.3, -0.25) is 4.79 Å². The van der Waals surface area contributed by atoms with E-state index in [1.54, 1.807) is 16.9 Å². The van der Waals surface area contributed by atoms with Crippen LogP contribution in [0.5, 0.6) is 5.75 Å². The number of nitrogens with one attached hydrogen (secondary N) is 1. The molecule has 5 nitrogen and oxygen atoms in total. The monoisotopic (exact) mass is 335 g/mol. The second kappa shape index (κ2) is 7.21. The first-order chi connectivity index (χ1) is 12.0. The Bertz CT molecular complexity index is 882. The average molecular weight is 335 g/mol. The topological polar surface area (TPSA) is 56.2 Å². The third-order valence-electron chi connectivity index (χ3n) is 3.87. The van der Waals surface area contributed by atoms with Gasteiger partial charge in [-0.2, -0.15) is 5.10 Å². The van der Waals surface area contributed by atoms with Crippen LogP contribution in [-0.2, 0) is 6.73 Å². The van der Waals surface area contributed by atoms with E-state index in [1.165, 1.54) is 5.56 Å². The molecule has 0 aliphatic rings. The molecular weight excluding hydrogens is 314 g/mol. The molecule has 0 spiro atoms. The van der Waals surface area contributed by atoms with Crippen LogP contribution in [0, 0.1) is 20.8 Å². The van der Waals surface area contributed by atoms with E-state index in [9.17, 15) is 4.79 Å². The van der Waals surface area contributed by atoms with Crippen molar-refractivity contribution in [2.75, 3.05) is 5.32 Å². The molecule has 3 rings (SSSR count). The van der Waals surface area contributed by atoms with E-state index in [1.807, 2.05) is 57.2 Å². The largest absolute Gasteiger partial charge is 0.471 e. The number of anilines is 1. The van der Waals surface area contributed by atoms with Crippen LogP contribution < -0.4 is 10.1 Å². The molecule has 0 aliphatic carbocycles. The predicted molar refractivity (Wildman–Crippen MR) is 97.9 cm³/mol. The van der Waals surface area contributed by atoms with Crippen LogP contribution in [0.15, 0.2) is 54.7 Å². The normalized spacial score (nSPS) is 10.5. The van der Waals surface area contributed by atoms with Crippen molar-refractivity contribution in [1.29, 1.82) is 0 Å². The first-order valence-corrected chi connectivity index (χ1v) is 8.13. The van der Waals surface area contributed by atoms with E-state index in [0.717, 1.165) is 22.6 Å². The fourth-order valence-corrected chi connectivity index (χ4v) is 2.48. The molecule has 0 atom stereocenters. The maximum atomic E-state index is 12.3. The molecule has 25 heavy (non-hydrogen) atoms. The summed E-state index contributed by atoms with van der Waals surface area (Å²) in [7, 11) is 0. The second-order valence-corrected chi connectivity index (χ2v) is 6.10. The summed E-state index contributed by atoms with van der Waals surface area (Å²) in [6, 6.07) is 15.3. The Balaban J connectivity index is 1.61. The number of ether oxygens (including phenoxy) is 1. The Morgan fingerprint density at radius 1 is 1.04 bits per heavy atom. The van der Waals surface area contributed by atoms with Gasteiger partial charge in [0.2, 0.25) is 0 Å². The van der Waals surface area contributed by atoms with Crippen molar-refractivity contribution in [3.8, 4) is 5.75 Å². The van der Waals surface area contributed by atoms with Crippen molar-refractivity contribution in [2.24, 2.45) is 0 Å². The van der Waals surface area contributed by atoms with Gasteiger partial charge in [-0.05, 0) is 50.6 Å². The minimum Gasteiger partial charge on any atom is -0.471 e. The zero-order valence-electron chi connectivity index (χ0n) is 14.6. The van der Waals surface area contributed by atoms with Gasteiger partial charge in [-0.1, -0.05) is 35.4 Å². The van der Waals surface area contributed by atoms with Crippen molar-refractivity contribution in [2.45, 2.75) is 27.5 Å². The number of amides is 1. The summed E-state index contributed by atoms with van der Waals surface area (Å²) in [5, 5.41) is 7.10. The zero-order chi connectivity index (χ0) is 17.8. The predicted octanol–water partition coefficient (Wildman–Crippen LogP) is 4.10. The number of nitrogens with zero attached hydrogens (tertiary/aromatic N) is 2. The molecule has 3 aromatic rings. The summed E-state index contributed by atoms with van der Waals surface area (Å²) >= 11 is 0. The summed E-state index contributed by atoms with van der Waals surface area (Å²) in [5.74, 6) is 0.570. The fraction of sp³-hybridized carbons (Fsp3) is 0.200. The van der Waals surface area contributed by atoms with Crippen molar-refractivity contribution in [3.05, 3.63) is 77.1 Å². The van der Waals surface area contributed by atoms with Crippen LogP contribution in [0.1, 0.15) is 27.2 Å². The molecule has 0 bridgehead atoms. The van der Waals surface area contributed by atoms with Crippen molar-refractivity contribution in [1.82, 2.24) is 9.78 Å². The number of aromatic nitrogens is 2. The number of carbonyl (C=O) groups is 1. The Hall–Kier alpha value is -3.08. The third-order valence-corrected chi connectivity index (χ3v) is 3.87. The molecule has 0 saturated carbocycles. The lowest BCUT2D eigenvalue weighted by molar-refractivity contribution is 0.102. The van der Waals surface area contributed by atoms with Crippen LogP contribution in [0.3, 0.4) is 0 Å². The highest BCUT2D eigenvalue weighted by Gasteiger charge is 2.10. The molecule has 0 radical (unpaired) electrons. The van der Waals surface area contributed by atoms with E-state index in [4.69, 9.17) is 4.74 Å². The van der Waals surface area contributed by atoms with Gasteiger partial charge >= 0.3 is 0 Å². The van der Waals surface area contributed by atoms with Gasteiger partial charge in [-0.15, -0.1) is 0 Å². The van der Waals surface area contributed by atoms with E-state index in [0.29, 0.717) is 5.69 Å². The minimum atomic E-state index is -0.242. The van der Waals surface area contributed by atoms with Gasteiger partial charge in [0.25, 0.3) is 5.91 Å².